The van der Waals surface area contributed by atoms with Crippen LogP contribution in [-0.4, -0.2) is 22.9 Å². The lowest BCUT2D eigenvalue weighted by molar-refractivity contribution is -0.136. The van der Waals surface area contributed by atoms with Crippen LogP contribution in [0.2, 0.25) is 0 Å². The second-order valence-electron chi connectivity index (χ2n) is 5.99. The lowest BCUT2D eigenvalue weighted by Gasteiger charge is -2.22. The van der Waals surface area contributed by atoms with E-state index < -0.39 is 5.97 Å². The molecule has 0 bridgehead atoms. The topological polar surface area (TPSA) is 74.7 Å². The van der Waals surface area contributed by atoms with Gasteiger partial charge in [-0.2, -0.15) is 0 Å². The van der Waals surface area contributed by atoms with E-state index in [0.29, 0.717) is 11.3 Å². The zero-order valence-corrected chi connectivity index (χ0v) is 11.3. The van der Waals surface area contributed by atoms with Gasteiger partial charge in [0.15, 0.2) is 0 Å². The summed E-state index contributed by atoms with van der Waals surface area (Å²) < 4.78 is 0. The Morgan fingerprint density at radius 2 is 1.75 bits per heavy atom. The number of carbonyl (C=O) groups excluding carboxylic acids is 2. The quantitative estimate of drug-likeness (QED) is 0.846. The Kier molecular flexibility index (Phi) is 2.51. The summed E-state index contributed by atoms with van der Waals surface area (Å²) in [5.74, 6) is -1.91. The van der Waals surface area contributed by atoms with Crippen molar-refractivity contribution in [1.82, 2.24) is 0 Å². The van der Waals surface area contributed by atoms with E-state index in [1.54, 1.807) is 24.3 Å². The maximum absolute atomic E-state index is 12.4. The maximum atomic E-state index is 12.4. The van der Waals surface area contributed by atoms with Gasteiger partial charge in [0.25, 0.3) is 0 Å². The molecule has 2 unspecified atom stereocenters. The molecule has 5 heteroatoms. The number of benzene rings is 1. The number of rotatable bonds is 3. The molecule has 1 saturated heterocycles. The van der Waals surface area contributed by atoms with E-state index in [9.17, 15) is 14.4 Å². The average Bonchev–Trinajstić information content (AvgIpc) is 2.81. The second kappa shape index (κ2) is 3.91. The Morgan fingerprint density at radius 1 is 1.20 bits per heavy atom. The fourth-order valence-corrected chi connectivity index (χ4v) is 3.23. The van der Waals surface area contributed by atoms with Crippen molar-refractivity contribution in [2.75, 3.05) is 4.90 Å². The predicted molar refractivity (Wildman–Crippen MR) is 71.0 cm³/mol. The molecule has 2 aliphatic rings. The van der Waals surface area contributed by atoms with E-state index in [-0.39, 0.29) is 35.5 Å². The average molecular weight is 273 g/mol. The van der Waals surface area contributed by atoms with Crippen molar-refractivity contribution in [3.05, 3.63) is 29.8 Å². The van der Waals surface area contributed by atoms with E-state index in [2.05, 4.69) is 0 Å². The van der Waals surface area contributed by atoms with Gasteiger partial charge in [0.05, 0.1) is 23.9 Å². The first-order valence-electron chi connectivity index (χ1n) is 6.53. The van der Waals surface area contributed by atoms with Crippen molar-refractivity contribution in [1.29, 1.82) is 0 Å². The van der Waals surface area contributed by atoms with E-state index in [4.69, 9.17) is 5.11 Å². The minimum Gasteiger partial charge on any atom is -0.481 e. The number of carboxylic acid groups (broad SMARTS) is 1. The highest BCUT2D eigenvalue weighted by molar-refractivity contribution is 6.26. The van der Waals surface area contributed by atoms with Crippen LogP contribution in [-0.2, 0) is 20.8 Å². The molecule has 1 heterocycles. The van der Waals surface area contributed by atoms with Gasteiger partial charge >= 0.3 is 5.97 Å². The summed E-state index contributed by atoms with van der Waals surface area (Å²) in [4.78, 5) is 36.8. The highest BCUT2D eigenvalue weighted by atomic mass is 16.4. The first kappa shape index (κ1) is 12.8. The smallest absolute Gasteiger partial charge is 0.307 e. The number of anilines is 1. The summed E-state index contributed by atoms with van der Waals surface area (Å²) in [6.07, 6.45) is -0.202. The molecule has 1 N–H and O–H groups in total. The van der Waals surface area contributed by atoms with Gasteiger partial charge in [-0.3, -0.25) is 14.4 Å². The number of fused-ring (bicyclic) bond motifs is 1. The van der Waals surface area contributed by atoms with Gasteiger partial charge in [0.2, 0.25) is 11.8 Å². The molecular formula is C15H15NO4. The number of carboxylic acids is 1. The third-order valence-electron chi connectivity index (χ3n) is 4.37. The maximum Gasteiger partial charge on any atom is 0.307 e. The van der Waals surface area contributed by atoms with Crippen LogP contribution in [0.1, 0.15) is 19.4 Å². The molecule has 1 aromatic carbocycles. The van der Waals surface area contributed by atoms with Crippen LogP contribution in [0, 0.1) is 17.3 Å². The molecule has 20 heavy (non-hydrogen) atoms. The van der Waals surface area contributed by atoms with Gasteiger partial charge in [0, 0.05) is 0 Å². The number of aliphatic carboxylic acids is 1. The van der Waals surface area contributed by atoms with Crippen LogP contribution in [0.15, 0.2) is 24.3 Å². The Hall–Kier alpha value is -2.17. The Labute approximate surface area is 116 Å². The van der Waals surface area contributed by atoms with Crippen LogP contribution >= 0.6 is 0 Å². The largest absolute Gasteiger partial charge is 0.481 e. The van der Waals surface area contributed by atoms with Crippen molar-refractivity contribution in [2.45, 2.75) is 20.3 Å². The first-order chi connectivity index (χ1) is 9.35. The minimum atomic E-state index is -0.984. The molecule has 3 rings (SSSR count). The fourth-order valence-electron chi connectivity index (χ4n) is 3.23. The van der Waals surface area contributed by atoms with Gasteiger partial charge in [-0.25, -0.2) is 4.90 Å². The third kappa shape index (κ3) is 1.59. The molecular weight excluding hydrogens is 258 g/mol. The SMILES string of the molecule is CC1(C)C2C(=O)N(c3ccccc3CC(=O)O)C(=O)C21. The number of carbonyl (C=O) groups is 3. The van der Waals surface area contributed by atoms with Crippen molar-refractivity contribution in [3.63, 3.8) is 0 Å². The second-order valence-corrected chi connectivity index (χ2v) is 5.99. The van der Waals surface area contributed by atoms with E-state index >= 15 is 0 Å². The number of nitrogens with zero attached hydrogens (tertiary/aromatic N) is 1. The van der Waals surface area contributed by atoms with Crippen molar-refractivity contribution in [2.24, 2.45) is 17.3 Å². The van der Waals surface area contributed by atoms with Crippen molar-refractivity contribution < 1.29 is 19.5 Å². The van der Waals surface area contributed by atoms with Crippen LogP contribution in [0.5, 0.6) is 0 Å². The molecule has 1 aliphatic heterocycles. The van der Waals surface area contributed by atoms with Crippen LogP contribution in [0.25, 0.3) is 0 Å². The van der Waals surface area contributed by atoms with Crippen LogP contribution < -0.4 is 4.90 Å². The zero-order valence-electron chi connectivity index (χ0n) is 11.3. The van der Waals surface area contributed by atoms with E-state index in [1.165, 1.54) is 4.90 Å². The molecule has 1 saturated carbocycles. The third-order valence-corrected chi connectivity index (χ3v) is 4.37. The molecule has 104 valence electrons. The first-order valence-corrected chi connectivity index (χ1v) is 6.53. The van der Waals surface area contributed by atoms with Crippen LogP contribution in [0.3, 0.4) is 0 Å². The number of hydrogen-bond acceptors (Lipinski definition) is 3. The summed E-state index contributed by atoms with van der Waals surface area (Å²) in [6.45, 7) is 3.83. The molecule has 5 nitrogen and oxygen atoms in total. The number of imide groups is 1. The fraction of sp³-hybridized carbons (Fsp3) is 0.400. The molecule has 0 spiro atoms. The molecule has 1 aliphatic carbocycles. The molecule has 0 radical (unpaired) electrons. The highest BCUT2D eigenvalue weighted by Gasteiger charge is 2.72. The summed E-state index contributed by atoms with van der Waals surface area (Å²) in [5, 5.41) is 8.92. The van der Waals surface area contributed by atoms with Gasteiger partial charge in [-0.05, 0) is 17.0 Å². The van der Waals surface area contributed by atoms with Crippen LogP contribution in [0.4, 0.5) is 5.69 Å². The van der Waals surface area contributed by atoms with Crippen molar-refractivity contribution >= 4 is 23.5 Å². The summed E-state index contributed by atoms with van der Waals surface area (Å²) in [7, 11) is 0. The molecule has 2 amide bonds. The summed E-state index contributed by atoms with van der Waals surface area (Å²) in [6, 6.07) is 6.68. The zero-order chi connectivity index (χ0) is 14.7. The van der Waals surface area contributed by atoms with E-state index in [0.717, 1.165) is 0 Å². The molecule has 1 aromatic rings. The number of amides is 2. The Balaban J connectivity index is 1.98. The summed E-state index contributed by atoms with van der Waals surface area (Å²) in [5.41, 5.74) is 0.639. The Bertz CT molecular complexity index is 611. The van der Waals surface area contributed by atoms with Gasteiger partial charge < -0.3 is 5.11 Å². The van der Waals surface area contributed by atoms with Crippen molar-refractivity contribution in [3.8, 4) is 0 Å². The lowest BCUT2D eigenvalue weighted by Crippen LogP contribution is -2.37. The Morgan fingerprint density at radius 3 is 2.30 bits per heavy atom. The standard InChI is InChI=1S/C15H15NO4/c1-15(2)11-12(15)14(20)16(13(11)19)9-6-4-3-5-8(9)7-10(17)18/h3-6,11-12H,7H2,1-2H3,(H,17,18). The normalized spacial score (nSPS) is 26.6. The monoisotopic (exact) mass is 273 g/mol. The predicted octanol–water partition coefficient (Wildman–Crippen LogP) is 1.46. The van der Waals surface area contributed by atoms with Gasteiger partial charge in [-0.15, -0.1) is 0 Å². The molecule has 2 fully saturated rings. The molecule has 0 aromatic heterocycles. The lowest BCUT2D eigenvalue weighted by atomic mass is 10.0. The number of hydrogen-bond donors (Lipinski definition) is 1. The minimum absolute atomic E-state index is 0.202. The van der Waals surface area contributed by atoms with Gasteiger partial charge in [-0.1, -0.05) is 32.0 Å². The summed E-state index contributed by atoms with van der Waals surface area (Å²) >= 11 is 0. The highest BCUT2D eigenvalue weighted by Crippen LogP contribution is 2.63. The number of piperidine rings is 1. The van der Waals surface area contributed by atoms with E-state index in [1.807, 2.05) is 13.8 Å². The van der Waals surface area contributed by atoms with Gasteiger partial charge in [0.1, 0.15) is 0 Å². The number of para-hydroxylation sites is 1. The molecule has 2 atom stereocenters.